The number of benzene rings is 1. The van der Waals surface area contributed by atoms with Gasteiger partial charge in [0.1, 0.15) is 0 Å². The molecule has 1 rings (SSSR count). The van der Waals surface area contributed by atoms with Crippen LogP contribution in [-0.2, 0) is 6.61 Å². The van der Waals surface area contributed by atoms with Crippen molar-refractivity contribution in [3.8, 4) is 0 Å². The molecule has 1 N–H and O–H groups in total. The van der Waals surface area contributed by atoms with E-state index in [4.69, 9.17) is 11.6 Å². The molecular weight excluding hydrogens is 222 g/mol. The first-order chi connectivity index (χ1) is 7.61. The second-order valence-electron chi connectivity index (χ2n) is 4.14. The zero-order valence-electron chi connectivity index (χ0n) is 10.2. The Morgan fingerprint density at radius 2 is 2.12 bits per heavy atom. The summed E-state index contributed by atoms with van der Waals surface area (Å²) in [7, 11) is 2.05. The van der Waals surface area contributed by atoms with Crippen molar-refractivity contribution in [2.45, 2.75) is 39.3 Å². The van der Waals surface area contributed by atoms with E-state index in [-0.39, 0.29) is 6.61 Å². The summed E-state index contributed by atoms with van der Waals surface area (Å²) in [5, 5.41) is 9.98. The van der Waals surface area contributed by atoms with Crippen molar-refractivity contribution in [3.05, 3.63) is 28.8 Å². The summed E-state index contributed by atoms with van der Waals surface area (Å²) in [6, 6.07) is 6.19. The largest absolute Gasteiger partial charge is 0.392 e. The third kappa shape index (κ3) is 2.89. The second kappa shape index (κ2) is 6.12. The van der Waals surface area contributed by atoms with Gasteiger partial charge in [0.15, 0.2) is 0 Å². The summed E-state index contributed by atoms with van der Waals surface area (Å²) in [6.45, 7) is 4.35. The van der Waals surface area contributed by atoms with E-state index in [9.17, 15) is 5.11 Å². The first-order valence-electron chi connectivity index (χ1n) is 5.72. The highest BCUT2D eigenvalue weighted by molar-refractivity contribution is 6.31. The lowest BCUT2D eigenvalue weighted by Crippen LogP contribution is -2.29. The molecule has 0 aliphatic rings. The van der Waals surface area contributed by atoms with Crippen molar-refractivity contribution in [1.29, 1.82) is 0 Å². The standard InChI is InChI=1S/C13H20ClNO/c1-4-6-10(2)15(3)13-8-5-7-12(14)11(13)9-16/h5,7-8,10,16H,4,6,9H2,1-3H3. The molecule has 0 spiro atoms. The number of anilines is 1. The average molecular weight is 242 g/mol. The summed E-state index contributed by atoms with van der Waals surface area (Å²) in [5.74, 6) is 0. The molecule has 1 unspecified atom stereocenters. The molecule has 0 saturated heterocycles. The predicted octanol–water partition coefficient (Wildman–Crippen LogP) is 3.46. The number of aliphatic hydroxyl groups excluding tert-OH is 1. The molecular formula is C13H20ClNO. The Kier molecular flexibility index (Phi) is 5.10. The van der Waals surface area contributed by atoms with Gasteiger partial charge in [0.2, 0.25) is 0 Å². The minimum Gasteiger partial charge on any atom is -0.392 e. The Balaban J connectivity index is 2.98. The van der Waals surface area contributed by atoms with E-state index in [1.165, 1.54) is 0 Å². The summed E-state index contributed by atoms with van der Waals surface area (Å²) in [4.78, 5) is 2.18. The predicted molar refractivity (Wildman–Crippen MR) is 70.1 cm³/mol. The van der Waals surface area contributed by atoms with Gasteiger partial charge in [-0.3, -0.25) is 0 Å². The van der Waals surface area contributed by atoms with E-state index in [0.717, 1.165) is 24.1 Å². The third-order valence-electron chi connectivity index (χ3n) is 3.00. The van der Waals surface area contributed by atoms with Gasteiger partial charge in [-0.25, -0.2) is 0 Å². The summed E-state index contributed by atoms with van der Waals surface area (Å²) in [5.41, 5.74) is 1.84. The fourth-order valence-corrected chi connectivity index (χ4v) is 2.11. The smallest absolute Gasteiger partial charge is 0.0716 e. The Labute approximate surface area is 103 Å². The number of rotatable bonds is 5. The van der Waals surface area contributed by atoms with E-state index < -0.39 is 0 Å². The van der Waals surface area contributed by atoms with Crippen molar-refractivity contribution >= 4 is 17.3 Å². The quantitative estimate of drug-likeness (QED) is 0.854. The first kappa shape index (κ1) is 13.3. The van der Waals surface area contributed by atoms with E-state index in [1.807, 2.05) is 25.2 Å². The highest BCUT2D eigenvalue weighted by Gasteiger charge is 2.14. The molecule has 3 heteroatoms. The molecule has 2 nitrogen and oxygen atoms in total. The van der Waals surface area contributed by atoms with Crippen molar-refractivity contribution < 1.29 is 5.11 Å². The molecule has 90 valence electrons. The summed E-state index contributed by atoms with van der Waals surface area (Å²) in [6.07, 6.45) is 2.29. The number of aliphatic hydroxyl groups is 1. The van der Waals surface area contributed by atoms with Gasteiger partial charge >= 0.3 is 0 Å². The van der Waals surface area contributed by atoms with Crippen LogP contribution in [0.1, 0.15) is 32.3 Å². The molecule has 1 aromatic rings. The molecule has 1 atom stereocenters. The van der Waals surface area contributed by atoms with Gasteiger partial charge < -0.3 is 10.0 Å². The molecule has 0 fully saturated rings. The maximum absolute atomic E-state index is 9.35. The van der Waals surface area contributed by atoms with E-state index in [0.29, 0.717) is 11.1 Å². The van der Waals surface area contributed by atoms with E-state index in [2.05, 4.69) is 18.7 Å². The molecule has 0 saturated carbocycles. The van der Waals surface area contributed by atoms with Crippen LogP contribution >= 0.6 is 11.6 Å². The number of halogens is 1. The van der Waals surface area contributed by atoms with Gasteiger partial charge in [-0.15, -0.1) is 0 Å². The molecule has 0 aromatic heterocycles. The minimum absolute atomic E-state index is 0.0157. The van der Waals surface area contributed by atoms with Crippen LogP contribution in [0.2, 0.25) is 5.02 Å². The van der Waals surface area contributed by atoms with Gasteiger partial charge in [0.25, 0.3) is 0 Å². The molecule has 0 radical (unpaired) electrons. The van der Waals surface area contributed by atoms with Crippen LogP contribution in [-0.4, -0.2) is 18.2 Å². The lowest BCUT2D eigenvalue weighted by molar-refractivity contribution is 0.282. The SMILES string of the molecule is CCCC(C)N(C)c1cccc(Cl)c1CO. The Hall–Kier alpha value is -0.730. The van der Waals surface area contributed by atoms with Gasteiger partial charge in [-0.1, -0.05) is 31.0 Å². The summed E-state index contributed by atoms with van der Waals surface area (Å²) >= 11 is 6.07. The molecule has 0 bridgehead atoms. The zero-order chi connectivity index (χ0) is 12.1. The molecule has 0 heterocycles. The van der Waals surface area contributed by atoms with Crippen LogP contribution in [0.15, 0.2) is 18.2 Å². The lowest BCUT2D eigenvalue weighted by atomic mass is 10.1. The number of hydrogen-bond donors (Lipinski definition) is 1. The maximum atomic E-state index is 9.35. The third-order valence-corrected chi connectivity index (χ3v) is 3.35. The first-order valence-corrected chi connectivity index (χ1v) is 6.10. The number of hydrogen-bond acceptors (Lipinski definition) is 2. The van der Waals surface area contributed by atoms with E-state index >= 15 is 0 Å². The number of nitrogens with zero attached hydrogens (tertiary/aromatic N) is 1. The van der Waals surface area contributed by atoms with Gasteiger partial charge in [0.05, 0.1) is 6.61 Å². The van der Waals surface area contributed by atoms with Crippen LogP contribution in [0.5, 0.6) is 0 Å². The van der Waals surface area contributed by atoms with Gasteiger partial charge in [-0.2, -0.15) is 0 Å². The molecule has 0 amide bonds. The van der Waals surface area contributed by atoms with Crippen molar-refractivity contribution in [3.63, 3.8) is 0 Å². The Morgan fingerprint density at radius 3 is 2.69 bits per heavy atom. The topological polar surface area (TPSA) is 23.5 Å². The van der Waals surface area contributed by atoms with Crippen molar-refractivity contribution in [2.75, 3.05) is 11.9 Å². The Morgan fingerprint density at radius 1 is 1.44 bits per heavy atom. The lowest BCUT2D eigenvalue weighted by Gasteiger charge is -2.29. The van der Waals surface area contributed by atoms with Crippen LogP contribution in [0.25, 0.3) is 0 Å². The Bertz CT molecular complexity index is 341. The maximum Gasteiger partial charge on any atom is 0.0716 e. The van der Waals surface area contributed by atoms with Crippen LogP contribution in [0, 0.1) is 0 Å². The van der Waals surface area contributed by atoms with E-state index in [1.54, 1.807) is 0 Å². The second-order valence-corrected chi connectivity index (χ2v) is 4.55. The highest BCUT2D eigenvalue weighted by Crippen LogP contribution is 2.28. The fourth-order valence-electron chi connectivity index (χ4n) is 1.88. The van der Waals surface area contributed by atoms with Gasteiger partial charge in [0, 0.05) is 29.4 Å². The average Bonchev–Trinajstić information content (AvgIpc) is 2.28. The van der Waals surface area contributed by atoms with Crippen molar-refractivity contribution in [1.82, 2.24) is 0 Å². The zero-order valence-corrected chi connectivity index (χ0v) is 11.0. The molecule has 0 aliphatic heterocycles. The molecule has 16 heavy (non-hydrogen) atoms. The van der Waals surface area contributed by atoms with Crippen LogP contribution < -0.4 is 4.90 Å². The van der Waals surface area contributed by atoms with Gasteiger partial charge in [-0.05, 0) is 25.5 Å². The molecule has 0 aliphatic carbocycles. The fraction of sp³-hybridized carbons (Fsp3) is 0.538. The highest BCUT2D eigenvalue weighted by atomic mass is 35.5. The monoisotopic (exact) mass is 241 g/mol. The van der Waals surface area contributed by atoms with Crippen molar-refractivity contribution in [2.24, 2.45) is 0 Å². The normalized spacial score (nSPS) is 12.6. The molecule has 1 aromatic carbocycles. The summed E-state index contributed by atoms with van der Waals surface area (Å²) < 4.78 is 0. The minimum atomic E-state index is -0.0157. The van der Waals surface area contributed by atoms with Crippen LogP contribution in [0.3, 0.4) is 0 Å². The van der Waals surface area contributed by atoms with Crippen LogP contribution in [0.4, 0.5) is 5.69 Å².